The number of benzene rings is 1. The first-order chi connectivity index (χ1) is 11.5. The van der Waals surface area contributed by atoms with Crippen LogP contribution in [-0.4, -0.2) is 35.1 Å². The van der Waals surface area contributed by atoms with Crippen molar-refractivity contribution in [3.63, 3.8) is 0 Å². The Balaban J connectivity index is 1.76. The maximum Gasteiger partial charge on any atom is 0.271 e. The molecule has 0 fully saturated rings. The summed E-state index contributed by atoms with van der Waals surface area (Å²) in [4.78, 5) is 23.8. The van der Waals surface area contributed by atoms with Crippen molar-refractivity contribution in [3.8, 4) is 0 Å². The van der Waals surface area contributed by atoms with E-state index in [2.05, 4.69) is 20.8 Å². The second-order valence-corrected chi connectivity index (χ2v) is 5.50. The highest BCUT2D eigenvalue weighted by Gasteiger charge is 2.10. The molecule has 2 rings (SSSR count). The molecule has 6 nitrogen and oxygen atoms in total. The van der Waals surface area contributed by atoms with Crippen LogP contribution in [0.4, 0.5) is 4.39 Å². The Morgan fingerprint density at radius 3 is 2.54 bits per heavy atom. The Kier molecular flexibility index (Phi) is 6.06. The number of rotatable bonds is 7. The summed E-state index contributed by atoms with van der Waals surface area (Å²) in [5.41, 5.74) is 1.98. The van der Waals surface area contributed by atoms with Gasteiger partial charge >= 0.3 is 0 Å². The summed E-state index contributed by atoms with van der Waals surface area (Å²) in [7, 11) is 0. The molecule has 3 N–H and O–H groups in total. The predicted molar refractivity (Wildman–Crippen MR) is 88.4 cm³/mol. The molecule has 0 unspecified atom stereocenters. The smallest absolute Gasteiger partial charge is 0.271 e. The third-order valence-corrected chi connectivity index (χ3v) is 3.51. The van der Waals surface area contributed by atoms with Gasteiger partial charge in [0.05, 0.1) is 0 Å². The number of H-pyrrole nitrogens is 1. The van der Waals surface area contributed by atoms with Crippen LogP contribution in [0.5, 0.6) is 0 Å². The van der Waals surface area contributed by atoms with Gasteiger partial charge in [-0.2, -0.15) is 5.10 Å². The molecule has 1 aromatic heterocycles. The van der Waals surface area contributed by atoms with E-state index >= 15 is 0 Å². The molecule has 7 heteroatoms. The summed E-state index contributed by atoms with van der Waals surface area (Å²) in [5, 5.41) is 12.1. The highest BCUT2D eigenvalue weighted by atomic mass is 19.1. The van der Waals surface area contributed by atoms with Crippen LogP contribution in [0.2, 0.25) is 0 Å². The zero-order chi connectivity index (χ0) is 17.5. The van der Waals surface area contributed by atoms with Crippen LogP contribution in [0.1, 0.15) is 45.4 Å². The van der Waals surface area contributed by atoms with E-state index in [4.69, 9.17) is 0 Å². The van der Waals surface area contributed by atoms with E-state index in [0.717, 1.165) is 18.5 Å². The minimum atomic E-state index is -0.419. The van der Waals surface area contributed by atoms with Crippen LogP contribution in [0.25, 0.3) is 0 Å². The maximum absolute atomic E-state index is 13.4. The van der Waals surface area contributed by atoms with Crippen molar-refractivity contribution in [3.05, 3.63) is 52.6 Å². The molecule has 0 atom stereocenters. The van der Waals surface area contributed by atoms with Crippen LogP contribution in [0.3, 0.4) is 0 Å². The first kappa shape index (κ1) is 17.7. The quantitative estimate of drug-likeness (QED) is 0.678. The SMILES string of the molecule is CCCc1cc(C(=O)NCCNC(=O)c2ccc(C)c(F)c2)n[nH]1. The van der Waals surface area contributed by atoms with Gasteiger partial charge in [0.25, 0.3) is 11.8 Å². The van der Waals surface area contributed by atoms with E-state index in [1.165, 1.54) is 6.07 Å². The fraction of sp³-hybridized carbons (Fsp3) is 0.353. The molecule has 24 heavy (non-hydrogen) atoms. The van der Waals surface area contributed by atoms with Crippen molar-refractivity contribution in [2.75, 3.05) is 13.1 Å². The number of aromatic nitrogens is 2. The fourth-order valence-corrected chi connectivity index (χ4v) is 2.15. The number of nitrogens with zero attached hydrogens (tertiary/aromatic N) is 1. The van der Waals surface area contributed by atoms with Gasteiger partial charge in [-0.3, -0.25) is 14.7 Å². The van der Waals surface area contributed by atoms with Gasteiger partial charge in [-0.05, 0) is 37.1 Å². The van der Waals surface area contributed by atoms with Crippen LogP contribution in [0.15, 0.2) is 24.3 Å². The summed E-state index contributed by atoms with van der Waals surface area (Å²) >= 11 is 0. The molecular formula is C17H21FN4O2. The van der Waals surface area contributed by atoms with E-state index < -0.39 is 5.82 Å². The summed E-state index contributed by atoms with van der Waals surface area (Å²) in [6, 6.07) is 6.03. The second-order valence-electron chi connectivity index (χ2n) is 5.50. The van der Waals surface area contributed by atoms with Gasteiger partial charge in [-0.15, -0.1) is 0 Å². The van der Waals surface area contributed by atoms with Crippen molar-refractivity contribution in [2.24, 2.45) is 0 Å². The predicted octanol–water partition coefficient (Wildman–Crippen LogP) is 1.97. The monoisotopic (exact) mass is 332 g/mol. The van der Waals surface area contributed by atoms with Crippen molar-refractivity contribution in [1.29, 1.82) is 0 Å². The van der Waals surface area contributed by atoms with Gasteiger partial charge in [-0.1, -0.05) is 19.4 Å². The Morgan fingerprint density at radius 2 is 1.88 bits per heavy atom. The summed E-state index contributed by atoms with van der Waals surface area (Å²) in [6.45, 7) is 4.18. The Morgan fingerprint density at radius 1 is 1.17 bits per heavy atom. The van der Waals surface area contributed by atoms with Gasteiger partial charge in [0, 0.05) is 24.3 Å². The van der Waals surface area contributed by atoms with Gasteiger partial charge in [0.1, 0.15) is 11.5 Å². The summed E-state index contributed by atoms with van der Waals surface area (Å²) in [6.07, 6.45) is 1.80. The normalized spacial score (nSPS) is 10.5. The lowest BCUT2D eigenvalue weighted by Gasteiger charge is -2.07. The van der Waals surface area contributed by atoms with Crippen molar-refractivity contribution < 1.29 is 14.0 Å². The largest absolute Gasteiger partial charge is 0.350 e. The molecule has 0 spiro atoms. The number of carbonyl (C=O) groups excluding carboxylic acids is 2. The van der Waals surface area contributed by atoms with Crippen LogP contribution in [0, 0.1) is 12.7 Å². The van der Waals surface area contributed by atoms with Gasteiger partial charge < -0.3 is 10.6 Å². The van der Waals surface area contributed by atoms with Crippen molar-refractivity contribution in [1.82, 2.24) is 20.8 Å². The molecule has 0 aliphatic carbocycles. The average molecular weight is 332 g/mol. The van der Waals surface area contributed by atoms with Gasteiger partial charge in [0.15, 0.2) is 0 Å². The number of amides is 2. The Labute approximate surface area is 139 Å². The van der Waals surface area contributed by atoms with Gasteiger partial charge in [0.2, 0.25) is 0 Å². The molecule has 0 aliphatic rings. The molecule has 2 amide bonds. The molecule has 128 valence electrons. The summed E-state index contributed by atoms with van der Waals surface area (Å²) in [5.74, 6) is -1.10. The highest BCUT2D eigenvalue weighted by molar-refractivity contribution is 5.94. The number of nitrogens with one attached hydrogen (secondary N) is 3. The molecule has 2 aromatic rings. The van der Waals surface area contributed by atoms with Gasteiger partial charge in [-0.25, -0.2) is 4.39 Å². The van der Waals surface area contributed by atoms with E-state index in [1.54, 1.807) is 25.1 Å². The van der Waals surface area contributed by atoms with E-state index in [9.17, 15) is 14.0 Å². The number of aromatic amines is 1. The third kappa shape index (κ3) is 4.65. The van der Waals surface area contributed by atoms with Crippen LogP contribution >= 0.6 is 0 Å². The fourth-order valence-electron chi connectivity index (χ4n) is 2.15. The standard InChI is InChI=1S/C17H21FN4O2/c1-3-4-13-10-15(22-21-13)17(24)20-8-7-19-16(23)12-6-5-11(2)14(18)9-12/h5-6,9-10H,3-4,7-8H2,1-2H3,(H,19,23)(H,20,24)(H,21,22). The molecule has 1 heterocycles. The topological polar surface area (TPSA) is 86.9 Å². The number of hydrogen-bond donors (Lipinski definition) is 3. The molecule has 0 saturated heterocycles. The first-order valence-electron chi connectivity index (χ1n) is 7.88. The number of aryl methyl sites for hydroxylation is 2. The molecular weight excluding hydrogens is 311 g/mol. The van der Waals surface area contributed by atoms with E-state index in [-0.39, 0.29) is 30.5 Å². The Bertz CT molecular complexity index is 727. The minimum absolute atomic E-state index is 0.242. The number of hydrogen-bond acceptors (Lipinski definition) is 3. The summed E-state index contributed by atoms with van der Waals surface area (Å²) < 4.78 is 13.4. The lowest BCUT2D eigenvalue weighted by atomic mass is 10.1. The highest BCUT2D eigenvalue weighted by Crippen LogP contribution is 2.08. The van der Waals surface area contributed by atoms with Crippen LogP contribution in [-0.2, 0) is 6.42 Å². The average Bonchev–Trinajstić information content (AvgIpc) is 3.03. The molecule has 0 bridgehead atoms. The number of halogens is 1. The molecule has 0 aliphatic heterocycles. The molecule has 0 saturated carbocycles. The van der Waals surface area contributed by atoms with Crippen molar-refractivity contribution in [2.45, 2.75) is 26.7 Å². The zero-order valence-corrected chi connectivity index (χ0v) is 13.8. The minimum Gasteiger partial charge on any atom is -0.350 e. The van der Waals surface area contributed by atoms with E-state index in [1.807, 2.05) is 6.92 Å². The third-order valence-electron chi connectivity index (χ3n) is 3.51. The molecule has 0 radical (unpaired) electrons. The molecule has 1 aromatic carbocycles. The Hall–Kier alpha value is -2.70. The maximum atomic E-state index is 13.4. The van der Waals surface area contributed by atoms with Crippen molar-refractivity contribution >= 4 is 11.8 Å². The van der Waals surface area contributed by atoms with E-state index in [0.29, 0.717) is 11.3 Å². The second kappa shape index (κ2) is 8.24. The zero-order valence-electron chi connectivity index (χ0n) is 13.8. The first-order valence-corrected chi connectivity index (χ1v) is 7.88. The van der Waals surface area contributed by atoms with Crippen LogP contribution < -0.4 is 10.6 Å². The number of carbonyl (C=O) groups is 2. The lowest BCUT2D eigenvalue weighted by Crippen LogP contribution is -2.34. The lowest BCUT2D eigenvalue weighted by molar-refractivity contribution is 0.0925.